The van der Waals surface area contributed by atoms with Gasteiger partial charge < -0.3 is 4.90 Å². The summed E-state index contributed by atoms with van der Waals surface area (Å²) in [5.74, 6) is -0.185. The number of nitrogens with zero attached hydrogens (tertiary/aromatic N) is 6. The number of amides is 1. The van der Waals surface area contributed by atoms with Crippen LogP contribution in [0.5, 0.6) is 0 Å². The monoisotopic (exact) mass is 390 g/mol. The van der Waals surface area contributed by atoms with Gasteiger partial charge in [0.25, 0.3) is 11.9 Å². The maximum absolute atomic E-state index is 13.8. The fourth-order valence-corrected chi connectivity index (χ4v) is 3.14. The molecule has 3 heterocycles. The molecule has 0 saturated heterocycles. The molecule has 0 atom stereocenters. The molecule has 1 amide bonds. The lowest BCUT2D eigenvalue weighted by Gasteiger charge is -2.13. The molecule has 1 aromatic carbocycles. The van der Waals surface area contributed by atoms with Gasteiger partial charge in [-0.15, -0.1) is 0 Å². The maximum atomic E-state index is 13.8. The summed E-state index contributed by atoms with van der Waals surface area (Å²) in [6, 6.07) is 7.77. The molecular formula is C21H19FN6O. The Hall–Kier alpha value is -3.68. The molecule has 0 fully saturated rings. The molecular weight excluding hydrogens is 371 g/mol. The van der Waals surface area contributed by atoms with Gasteiger partial charge in [0.2, 0.25) is 0 Å². The number of pyridine rings is 1. The molecule has 0 N–H and O–H groups in total. The Morgan fingerprint density at radius 3 is 2.45 bits per heavy atom. The van der Waals surface area contributed by atoms with Crippen LogP contribution in [-0.2, 0) is 0 Å². The molecule has 4 rings (SSSR count). The van der Waals surface area contributed by atoms with E-state index in [0.717, 1.165) is 11.4 Å². The quantitative estimate of drug-likeness (QED) is 0.536. The van der Waals surface area contributed by atoms with Crippen molar-refractivity contribution in [2.45, 2.75) is 13.8 Å². The summed E-state index contributed by atoms with van der Waals surface area (Å²) in [7, 11) is 3.31. The predicted octanol–water partition coefficient (Wildman–Crippen LogP) is 3.34. The summed E-state index contributed by atoms with van der Waals surface area (Å²) in [5.41, 5.74) is 3.86. The molecule has 4 aromatic rings. The first-order chi connectivity index (χ1) is 13.8. The first-order valence-electron chi connectivity index (χ1n) is 9.01. The first-order valence-corrected chi connectivity index (χ1v) is 9.01. The van der Waals surface area contributed by atoms with E-state index in [1.54, 1.807) is 43.3 Å². The average molecular weight is 390 g/mol. The highest BCUT2D eigenvalue weighted by molar-refractivity contribution is 6.07. The molecule has 3 aromatic heterocycles. The second-order valence-corrected chi connectivity index (χ2v) is 7.04. The Kier molecular flexibility index (Phi) is 4.54. The van der Waals surface area contributed by atoms with E-state index in [9.17, 15) is 9.18 Å². The highest BCUT2D eigenvalue weighted by atomic mass is 19.1. The van der Waals surface area contributed by atoms with E-state index in [0.29, 0.717) is 33.7 Å². The van der Waals surface area contributed by atoms with Crippen LogP contribution in [0.2, 0.25) is 0 Å². The zero-order valence-corrected chi connectivity index (χ0v) is 16.5. The summed E-state index contributed by atoms with van der Waals surface area (Å²) in [5, 5.41) is 4.82. The molecule has 0 saturated carbocycles. The van der Waals surface area contributed by atoms with Crippen LogP contribution in [0, 0.1) is 19.7 Å². The minimum atomic E-state index is -0.417. The fraction of sp³-hybridized carbons (Fsp3) is 0.190. The van der Waals surface area contributed by atoms with E-state index in [1.165, 1.54) is 17.0 Å². The van der Waals surface area contributed by atoms with Crippen LogP contribution < -0.4 is 0 Å². The van der Waals surface area contributed by atoms with Gasteiger partial charge in [0.15, 0.2) is 0 Å². The van der Waals surface area contributed by atoms with Crippen molar-refractivity contribution in [2.75, 3.05) is 14.1 Å². The van der Waals surface area contributed by atoms with Gasteiger partial charge in [-0.2, -0.15) is 5.10 Å². The van der Waals surface area contributed by atoms with Gasteiger partial charge in [-0.1, -0.05) is 0 Å². The molecule has 0 aliphatic rings. The third-order valence-corrected chi connectivity index (χ3v) is 4.46. The molecule has 7 nitrogen and oxygen atoms in total. The van der Waals surface area contributed by atoms with Crippen LogP contribution in [0.25, 0.3) is 28.1 Å². The third-order valence-electron chi connectivity index (χ3n) is 4.46. The summed E-state index contributed by atoms with van der Waals surface area (Å²) in [6.07, 6.45) is 3.40. The minimum Gasteiger partial charge on any atom is -0.345 e. The molecule has 29 heavy (non-hydrogen) atoms. The zero-order valence-electron chi connectivity index (χ0n) is 16.5. The summed E-state index contributed by atoms with van der Waals surface area (Å²) < 4.78 is 15.3. The SMILES string of the molecule is Cc1cc(C)nc(-n2cc(-c3cc(C(=O)N(C)C)c4cc(F)ccc4n3)cn2)n1. The summed E-state index contributed by atoms with van der Waals surface area (Å²) in [4.78, 5) is 27.6. The Labute approximate surface area is 166 Å². The second kappa shape index (κ2) is 7.05. The number of rotatable bonds is 3. The highest BCUT2D eigenvalue weighted by Crippen LogP contribution is 2.26. The van der Waals surface area contributed by atoms with Crippen molar-refractivity contribution in [2.24, 2.45) is 0 Å². The second-order valence-electron chi connectivity index (χ2n) is 7.04. The number of aromatic nitrogens is 5. The summed E-state index contributed by atoms with van der Waals surface area (Å²) in [6.45, 7) is 3.79. The van der Waals surface area contributed by atoms with Gasteiger partial charge in [0, 0.05) is 42.6 Å². The summed E-state index contributed by atoms with van der Waals surface area (Å²) >= 11 is 0. The molecule has 0 spiro atoms. The molecule has 8 heteroatoms. The zero-order chi connectivity index (χ0) is 20.7. The molecule has 0 aliphatic carbocycles. The van der Waals surface area contributed by atoms with Gasteiger partial charge in [0.05, 0.1) is 23.0 Å². The van der Waals surface area contributed by atoms with Crippen molar-refractivity contribution < 1.29 is 9.18 Å². The van der Waals surface area contributed by atoms with Crippen LogP contribution >= 0.6 is 0 Å². The van der Waals surface area contributed by atoms with Gasteiger partial charge in [0.1, 0.15) is 5.82 Å². The van der Waals surface area contributed by atoms with Crippen molar-refractivity contribution >= 4 is 16.8 Å². The number of aryl methyl sites for hydroxylation is 2. The topological polar surface area (TPSA) is 76.8 Å². The normalized spacial score (nSPS) is 11.1. The third kappa shape index (κ3) is 3.56. The Morgan fingerprint density at radius 2 is 1.76 bits per heavy atom. The largest absolute Gasteiger partial charge is 0.345 e. The Balaban J connectivity index is 1.85. The number of hydrogen-bond acceptors (Lipinski definition) is 5. The van der Waals surface area contributed by atoms with E-state index in [-0.39, 0.29) is 5.91 Å². The Morgan fingerprint density at radius 1 is 1.03 bits per heavy atom. The number of fused-ring (bicyclic) bond motifs is 1. The molecule has 0 radical (unpaired) electrons. The van der Waals surface area contributed by atoms with Crippen LogP contribution in [0.4, 0.5) is 4.39 Å². The van der Waals surface area contributed by atoms with Gasteiger partial charge in [-0.3, -0.25) is 4.79 Å². The number of carbonyl (C=O) groups is 1. The van der Waals surface area contributed by atoms with Crippen molar-refractivity contribution in [1.29, 1.82) is 0 Å². The van der Waals surface area contributed by atoms with Crippen LogP contribution in [0.3, 0.4) is 0 Å². The molecule has 146 valence electrons. The molecule has 0 bridgehead atoms. The predicted molar refractivity (Wildman–Crippen MR) is 107 cm³/mol. The number of benzene rings is 1. The van der Waals surface area contributed by atoms with E-state index in [4.69, 9.17) is 0 Å². The van der Waals surface area contributed by atoms with Crippen LogP contribution in [-0.4, -0.2) is 49.6 Å². The smallest absolute Gasteiger partial charge is 0.254 e. The number of halogens is 1. The van der Waals surface area contributed by atoms with Crippen molar-refractivity contribution in [1.82, 2.24) is 29.6 Å². The van der Waals surface area contributed by atoms with Gasteiger partial charge in [-0.25, -0.2) is 24.0 Å². The fourth-order valence-electron chi connectivity index (χ4n) is 3.14. The maximum Gasteiger partial charge on any atom is 0.254 e. The first kappa shape index (κ1) is 18.7. The Bertz CT molecular complexity index is 1230. The van der Waals surface area contributed by atoms with E-state index in [2.05, 4.69) is 20.1 Å². The lowest BCUT2D eigenvalue weighted by molar-refractivity contribution is 0.0829. The van der Waals surface area contributed by atoms with Crippen molar-refractivity contribution in [3.63, 3.8) is 0 Å². The van der Waals surface area contributed by atoms with Gasteiger partial charge in [-0.05, 0) is 44.2 Å². The van der Waals surface area contributed by atoms with Crippen molar-refractivity contribution in [3.05, 3.63) is 65.5 Å². The minimum absolute atomic E-state index is 0.228. The molecule has 0 aliphatic heterocycles. The van der Waals surface area contributed by atoms with E-state index < -0.39 is 5.82 Å². The van der Waals surface area contributed by atoms with E-state index >= 15 is 0 Å². The standard InChI is InChI=1S/C21H19FN6O/c1-12-7-13(2)25-21(24-12)28-11-14(10-23-28)19-9-17(20(29)27(3)4)16-8-15(22)5-6-18(16)26-19/h5-11H,1-4H3. The van der Waals surface area contributed by atoms with Crippen molar-refractivity contribution in [3.8, 4) is 17.2 Å². The number of hydrogen-bond donors (Lipinski definition) is 0. The van der Waals surface area contributed by atoms with Crippen LogP contribution in [0.1, 0.15) is 21.7 Å². The number of carbonyl (C=O) groups excluding carboxylic acids is 1. The highest BCUT2D eigenvalue weighted by Gasteiger charge is 2.17. The van der Waals surface area contributed by atoms with E-state index in [1.807, 2.05) is 19.9 Å². The van der Waals surface area contributed by atoms with Crippen LogP contribution in [0.15, 0.2) is 42.7 Å². The lowest BCUT2D eigenvalue weighted by Crippen LogP contribution is -2.22. The molecule has 0 unspecified atom stereocenters. The van der Waals surface area contributed by atoms with Gasteiger partial charge >= 0.3 is 0 Å². The lowest BCUT2D eigenvalue weighted by atomic mass is 10.0. The average Bonchev–Trinajstić information content (AvgIpc) is 3.16.